The van der Waals surface area contributed by atoms with Gasteiger partial charge in [0.2, 0.25) is 5.91 Å². The van der Waals surface area contributed by atoms with Crippen LogP contribution in [0.2, 0.25) is 0 Å². The summed E-state index contributed by atoms with van der Waals surface area (Å²) in [7, 11) is 0. The molecule has 0 spiro atoms. The van der Waals surface area contributed by atoms with Crippen LogP contribution >= 0.6 is 0 Å². The van der Waals surface area contributed by atoms with Gasteiger partial charge in [-0.15, -0.1) is 0 Å². The van der Waals surface area contributed by atoms with Crippen LogP contribution in [-0.2, 0) is 9.59 Å². The molecular weight excluding hydrogens is 266 g/mol. The van der Waals surface area contributed by atoms with E-state index < -0.39 is 11.9 Å². The lowest BCUT2D eigenvalue weighted by atomic mass is 10.0. The maximum Gasteiger partial charge on any atom is 0.308 e. The fraction of sp³-hybridized carbons (Fsp3) is 0.412. The van der Waals surface area contributed by atoms with Gasteiger partial charge in [-0.05, 0) is 43.9 Å². The molecule has 2 atom stereocenters. The first-order valence-corrected chi connectivity index (χ1v) is 7.26. The lowest BCUT2D eigenvalue weighted by molar-refractivity contribution is -0.142. The molecule has 0 aliphatic heterocycles. The first-order chi connectivity index (χ1) is 9.97. The zero-order valence-corrected chi connectivity index (χ0v) is 12.4. The number of amides is 1. The number of hydrogen-bond donors (Lipinski definition) is 2. The molecule has 1 aromatic rings. The summed E-state index contributed by atoms with van der Waals surface area (Å²) >= 11 is 0. The molecule has 4 heteroatoms. The second-order valence-corrected chi connectivity index (χ2v) is 5.68. The highest BCUT2D eigenvalue weighted by Gasteiger charge is 2.33. The Morgan fingerprint density at radius 2 is 2.05 bits per heavy atom. The molecule has 2 rings (SSSR count). The van der Waals surface area contributed by atoms with E-state index in [2.05, 4.69) is 11.4 Å². The Morgan fingerprint density at radius 3 is 2.71 bits per heavy atom. The second-order valence-electron chi connectivity index (χ2n) is 5.68. The average molecular weight is 287 g/mol. The Bertz CT molecular complexity index is 577. The zero-order valence-electron chi connectivity index (χ0n) is 12.4. The van der Waals surface area contributed by atoms with E-state index in [0.29, 0.717) is 6.42 Å². The number of carbonyl (C=O) groups is 2. The monoisotopic (exact) mass is 287 g/mol. The van der Waals surface area contributed by atoms with Gasteiger partial charge in [0.1, 0.15) is 0 Å². The summed E-state index contributed by atoms with van der Waals surface area (Å²) in [6, 6.07) is 5.79. The summed E-state index contributed by atoms with van der Waals surface area (Å²) in [5.41, 5.74) is 3.30. The highest BCUT2D eigenvalue weighted by Crippen LogP contribution is 2.25. The minimum Gasteiger partial charge on any atom is -0.481 e. The molecule has 1 aliphatic carbocycles. The number of carboxylic acid groups (broad SMARTS) is 1. The van der Waals surface area contributed by atoms with Crippen LogP contribution in [0, 0.1) is 19.8 Å². The van der Waals surface area contributed by atoms with Gasteiger partial charge in [0.05, 0.1) is 5.92 Å². The molecule has 0 radical (unpaired) electrons. The average Bonchev–Trinajstić information content (AvgIpc) is 2.86. The van der Waals surface area contributed by atoms with Gasteiger partial charge in [0, 0.05) is 12.1 Å². The van der Waals surface area contributed by atoms with E-state index in [4.69, 9.17) is 5.11 Å². The van der Waals surface area contributed by atoms with Crippen LogP contribution in [-0.4, -0.2) is 23.0 Å². The molecule has 4 nitrogen and oxygen atoms in total. The van der Waals surface area contributed by atoms with Gasteiger partial charge in [0.25, 0.3) is 0 Å². The highest BCUT2D eigenvalue weighted by atomic mass is 16.4. The maximum absolute atomic E-state index is 11.9. The van der Waals surface area contributed by atoms with Crippen molar-refractivity contribution in [2.24, 2.45) is 5.92 Å². The third-order valence-corrected chi connectivity index (χ3v) is 4.00. The number of aliphatic carboxylic acids is 1. The third-order valence-electron chi connectivity index (χ3n) is 4.00. The van der Waals surface area contributed by atoms with E-state index in [1.165, 1.54) is 11.6 Å². The number of carboxylic acids is 1. The largest absolute Gasteiger partial charge is 0.481 e. The van der Waals surface area contributed by atoms with E-state index in [-0.39, 0.29) is 11.9 Å². The molecule has 0 bridgehead atoms. The van der Waals surface area contributed by atoms with Gasteiger partial charge in [-0.3, -0.25) is 9.59 Å². The summed E-state index contributed by atoms with van der Waals surface area (Å²) in [4.78, 5) is 23.0. The first kappa shape index (κ1) is 15.3. The molecule has 2 unspecified atom stereocenters. The smallest absolute Gasteiger partial charge is 0.308 e. The van der Waals surface area contributed by atoms with Crippen LogP contribution in [0.1, 0.15) is 36.0 Å². The molecule has 1 amide bonds. The highest BCUT2D eigenvalue weighted by molar-refractivity contribution is 5.92. The Balaban J connectivity index is 1.98. The molecule has 0 heterocycles. The van der Waals surface area contributed by atoms with Gasteiger partial charge in [-0.2, -0.15) is 0 Å². The Kier molecular flexibility index (Phi) is 4.78. The number of nitrogens with one attached hydrogen (secondary N) is 1. The first-order valence-electron chi connectivity index (χ1n) is 7.26. The third kappa shape index (κ3) is 3.94. The predicted molar refractivity (Wildman–Crippen MR) is 81.9 cm³/mol. The van der Waals surface area contributed by atoms with Crippen LogP contribution in [0.5, 0.6) is 0 Å². The summed E-state index contributed by atoms with van der Waals surface area (Å²) in [5, 5.41) is 11.9. The normalized spacial score (nSPS) is 21.6. The van der Waals surface area contributed by atoms with Crippen molar-refractivity contribution in [3.05, 3.63) is 41.0 Å². The Labute approximate surface area is 124 Å². The lowest BCUT2D eigenvalue weighted by Gasteiger charge is -2.16. The van der Waals surface area contributed by atoms with Crippen molar-refractivity contribution in [1.82, 2.24) is 5.32 Å². The van der Waals surface area contributed by atoms with E-state index >= 15 is 0 Å². The molecule has 1 saturated carbocycles. The zero-order chi connectivity index (χ0) is 15.4. The molecule has 1 aromatic carbocycles. The van der Waals surface area contributed by atoms with Gasteiger partial charge in [0.15, 0.2) is 0 Å². The van der Waals surface area contributed by atoms with E-state index in [9.17, 15) is 9.59 Å². The molecule has 0 aromatic heterocycles. The number of carbonyl (C=O) groups excluding carboxylic acids is 1. The van der Waals surface area contributed by atoms with Crippen molar-refractivity contribution in [3.8, 4) is 0 Å². The summed E-state index contributed by atoms with van der Waals surface area (Å²) in [5.74, 6) is -1.51. The minimum absolute atomic E-state index is 0.229. The van der Waals surface area contributed by atoms with Crippen molar-refractivity contribution in [2.75, 3.05) is 0 Å². The summed E-state index contributed by atoms with van der Waals surface area (Å²) in [6.45, 7) is 4.03. The van der Waals surface area contributed by atoms with Gasteiger partial charge < -0.3 is 10.4 Å². The lowest BCUT2D eigenvalue weighted by Crippen LogP contribution is -2.39. The van der Waals surface area contributed by atoms with Crippen LogP contribution in [0.25, 0.3) is 6.08 Å². The van der Waals surface area contributed by atoms with Crippen molar-refractivity contribution in [3.63, 3.8) is 0 Å². The molecule has 112 valence electrons. The van der Waals surface area contributed by atoms with Gasteiger partial charge >= 0.3 is 5.97 Å². The van der Waals surface area contributed by atoms with Crippen LogP contribution in [0.15, 0.2) is 24.3 Å². The molecule has 21 heavy (non-hydrogen) atoms. The number of rotatable bonds is 4. The molecular formula is C17H21NO3. The minimum atomic E-state index is -0.823. The second kappa shape index (κ2) is 6.57. The fourth-order valence-electron chi connectivity index (χ4n) is 2.84. The van der Waals surface area contributed by atoms with Gasteiger partial charge in [-0.1, -0.05) is 30.2 Å². The summed E-state index contributed by atoms with van der Waals surface area (Å²) in [6.07, 6.45) is 5.48. The topological polar surface area (TPSA) is 66.4 Å². The summed E-state index contributed by atoms with van der Waals surface area (Å²) < 4.78 is 0. The number of aryl methyl sites for hydroxylation is 2. The standard InChI is InChI=1S/C17H21NO3/c1-11-6-7-13(12(2)10-11)8-9-16(19)18-15-5-3-4-14(15)17(20)21/h6-10,14-15H,3-5H2,1-2H3,(H,18,19)(H,20,21). The van der Waals surface area contributed by atoms with Crippen molar-refractivity contribution in [2.45, 2.75) is 39.2 Å². The predicted octanol–water partition coefficient (Wildman–Crippen LogP) is 2.69. The van der Waals surface area contributed by atoms with E-state index in [1.807, 2.05) is 26.0 Å². The number of hydrogen-bond acceptors (Lipinski definition) is 2. The van der Waals surface area contributed by atoms with Gasteiger partial charge in [-0.25, -0.2) is 0 Å². The van der Waals surface area contributed by atoms with Crippen molar-refractivity contribution >= 4 is 18.0 Å². The molecule has 1 aliphatic rings. The molecule has 1 fully saturated rings. The number of benzene rings is 1. The van der Waals surface area contributed by atoms with E-state index in [0.717, 1.165) is 24.0 Å². The molecule has 0 saturated heterocycles. The quantitative estimate of drug-likeness (QED) is 0.837. The molecule has 2 N–H and O–H groups in total. The SMILES string of the molecule is Cc1ccc(C=CC(=O)NC2CCCC2C(=O)O)c(C)c1. The van der Waals surface area contributed by atoms with Crippen LogP contribution in [0.4, 0.5) is 0 Å². The van der Waals surface area contributed by atoms with Crippen molar-refractivity contribution < 1.29 is 14.7 Å². The Hall–Kier alpha value is -2.10. The fourth-order valence-corrected chi connectivity index (χ4v) is 2.84. The Morgan fingerprint density at radius 1 is 1.29 bits per heavy atom. The van der Waals surface area contributed by atoms with Crippen molar-refractivity contribution in [1.29, 1.82) is 0 Å². The maximum atomic E-state index is 11.9. The van der Waals surface area contributed by atoms with E-state index in [1.54, 1.807) is 6.08 Å². The van der Waals surface area contributed by atoms with Crippen LogP contribution < -0.4 is 5.32 Å². The van der Waals surface area contributed by atoms with Crippen LogP contribution in [0.3, 0.4) is 0 Å².